The van der Waals surface area contributed by atoms with Gasteiger partial charge in [-0.25, -0.2) is 0 Å². The van der Waals surface area contributed by atoms with Gasteiger partial charge in [-0.2, -0.15) is 0 Å². The molecule has 5 rings (SSSR count). The molecule has 1 amide bonds. The molecule has 0 radical (unpaired) electrons. The Morgan fingerprint density at radius 2 is 1.70 bits per heavy atom. The summed E-state index contributed by atoms with van der Waals surface area (Å²) in [7, 11) is 0. The lowest BCUT2D eigenvalue weighted by atomic mass is 10.1. The topological polar surface area (TPSA) is 92.1 Å². The Bertz CT molecular complexity index is 1120. The molecule has 3 heterocycles. The van der Waals surface area contributed by atoms with Crippen LogP contribution in [-0.4, -0.2) is 31.1 Å². The molecule has 0 saturated carbocycles. The number of benzene rings is 2. The third-order valence-electron chi connectivity index (χ3n) is 4.65. The molecular formula is C22H18N2O6. The van der Waals surface area contributed by atoms with Gasteiger partial charge in [-0.15, -0.1) is 0 Å². The van der Waals surface area contributed by atoms with E-state index < -0.39 is 0 Å². The van der Waals surface area contributed by atoms with Crippen molar-refractivity contribution < 1.29 is 28.3 Å². The zero-order valence-corrected chi connectivity index (χ0v) is 15.9. The Hall–Kier alpha value is -3.94. The van der Waals surface area contributed by atoms with Gasteiger partial charge in [0, 0.05) is 17.7 Å². The van der Waals surface area contributed by atoms with E-state index in [4.69, 9.17) is 23.5 Å². The van der Waals surface area contributed by atoms with E-state index in [1.807, 2.05) is 36.4 Å². The van der Waals surface area contributed by atoms with Gasteiger partial charge in [-0.05, 0) is 42.0 Å². The van der Waals surface area contributed by atoms with E-state index in [-0.39, 0.29) is 19.2 Å². The first-order valence-corrected chi connectivity index (χ1v) is 9.46. The van der Waals surface area contributed by atoms with Crippen LogP contribution in [0.2, 0.25) is 0 Å². The van der Waals surface area contributed by atoms with Crippen molar-refractivity contribution in [2.45, 2.75) is 6.54 Å². The molecule has 0 spiro atoms. The van der Waals surface area contributed by atoms with Crippen molar-refractivity contribution in [3.63, 3.8) is 0 Å². The summed E-state index contributed by atoms with van der Waals surface area (Å²) in [6.45, 7) is 1.53. The molecule has 152 valence electrons. The van der Waals surface area contributed by atoms with E-state index in [0.717, 1.165) is 11.1 Å². The first-order chi connectivity index (χ1) is 14.7. The van der Waals surface area contributed by atoms with Gasteiger partial charge in [0.05, 0.1) is 6.54 Å². The number of carbonyl (C=O) groups is 1. The highest BCUT2D eigenvalue weighted by Gasteiger charge is 2.15. The standard InChI is InChI=1S/C22H18N2O6/c25-22(6-2-14-1-4-18-20(9-14)29-13-28-18)23-12-16-11-19(30-24-16)15-3-5-17-21(10-15)27-8-7-26-17/h1-6,9-11H,7-8,12-13H2,(H,23,25)/b6-2-. The molecule has 2 aliphatic rings. The van der Waals surface area contributed by atoms with E-state index in [2.05, 4.69) is 10.5 Å². The largest absolute Gasteiger partial charge is 0.486 e. The maximum atomic E-state index is 12.1. The SMILES string of the molecule is O=C(/C=C\c1ccc2c(c1)OCO2)NCc1cc(-c2ccc3c(c2)OCCO3)on1. The highest BCUT2D eigenvalue weighted by atomic mass is 16.7. The summed E-state index contributed by atoms with van der Waals surface area (Å²) in [5.41, 5.74) is 2.29. The van der Waals surface area contributed by atoms with E-state index >= 15 is 0 Å². The molecule has 8 nitrogen and oxygen atoms in total. The average molecular weight is 406 g/mol. The minimum Gasteiger partial charge on any atom is -0.486 e. The van der Waals surface area contributed by atoms with Gasteiger partial charge in [0.15, 0.2) is 28.8 Å². The molecule has 0 atom stereocenters. The van der Waals surface area contributed by atoms with Crippen LogP contribution in [0.5, 0.6) is 23.0 Å². The third kappa shape index (κ3) is 3.80. The van der Waals surface area contributed by atoms with Gasteiger partial charge < -0.3 is 28.8 Å². The van der Waals surface area contributed by atoms with Crippen molar-refractivity contribution in [1.29, 1.82) is 0 Å². The number of aromatic nitrogens is 1. The molecule has 2 aliphatic heterocycles. The predicted molar refractivity (Wildman–Crippen MR) is 106 cm³/mol. The fourth-order valence-electron chi connectivity index (χ4n) is 3.15. The Morgan fingerprint density at radius 1 is 0.933 bits per heavy atom. The summed E-state index contributed by atoms with van der Waals surface area (Å²) < 4.78 is 27.1. The maximum absolute atomic E-state index is 12.1. The molecule has 0 bridgehead atoms. The molecule has 8 heteroatoms. The lowest BCUT2D eigenvalue weighted by Crippen LogP contribution is -2.20. The fourth-order valence-corrected chi connectivity index (χ4v) is 3.15. The number of nitrogens with one attached hydrogen (secondary N) is 1. The van der Waals surface area contributed by atoms with Crippen LogP contribution in [0.4, 0.5) is 0 Å². The Morgan fingerprint density at radius 3 is 2.63 bits per heavy atom. The van der Waals surface area contributed by atoms with Gasteiger partial charge in [0.2, 0.25) is 12.7 Å². The number of hydrogen-bond donors (Lipinski definition) is 1. The summed E-state index contributed by atoms with van der Waals surface area (Å²) in [6.07, 6.45) is 3.17. The number of amides is 1. The first-order valence-electron chi connectivity index (χ1n) is 9.46. The quantitative estimate of drug-likeness (QED) is 0.651. The smallest absolute Gasteiger partial charge is 0.244 e. The van der Waals surface area contributed by atoms with Crippen LogP contribution in [0.25, 0.3) is 17.4 Å². The minimum absolute atomic E-state index is 0.217. The highest BCUT2D eigenvalue weighted by Crippen LogP contribution is 2.35. The Balaban J connectivity index is 1.19. The number of rotatable bonds is 5. The van der Waals surface area contributed by atoms with Crippen LogP contribution in [0.3, 0.4) is 0 Å². The highest BCUT2D eigenvalue weighted by molar-refractivity contribution is 5.91. The van der Waals surface area contributed by atoms with Crippen LogP contribution < -0.4 is 24.3 Å². The number of fused-ring (bicyclic) bond motifs is 2. The molecule has 1 N–H and O–H groups in total. The van der Waals surface area contributed by atoms with Gasteiger partial charge in [-0.3, -0.25) is 4.79 Å². The monoisotopic (exact) mass is 406 g/mol. The lowest BCUT2D eigenvalue weighted by Gasteiger charge is -2.18. The lowest BCUT2D eigenvalue weighted by molar-refractivity contribution is -0.116. The van der Waals surface area contributed by atoms with Crippen LogP contribution >= 0.6 is 0 Å². The van der Waals surface area contributed by atoms with Crippen molar-refractivity contribution in [3.8, 4) is 34.3 Å². The maximum Gasteiger partial charge on any atom is 0.244 e. The fraction of sp³-hybridized carbons (Fsp3) is 0.182. The number of ether oxygens (including phenoxy) is 4. The van der Waals surface area contributed by atoms with Crippen LogP contribution in [0.1, 0.15) is 11.3 Å². The normalized spacial score (nSPS) is 14.1. The molecule has 2 aromatic carbocycles. The average Bonchev–Trinajstić information content (AvgIpc) is 3.45. The summed E-state index contributed by atoms with van der Waals surface area (Å²) >= 11 is 0. The Kier molecular flexibility index (Phi) is 4.72. The zero-order chi connectivity index (χ0) is 20.3. The molecule has 0 unspecified atom stereocenters. The summed E-state index contributed by atoms with van der Waals surface area (Å²) in [5.74, 6) is 3.12. The minimum atomic E-state index is -0.239. The number of carbonyl (C=O) groups excluding carboxylic acids is 1. The zero-order valence-electron chi connectivity index (χ0n) is 15.9. The van der Waals surface area contributed by atoms with E-state index in [1.54, 1.807) is 12.1 Å². The van der Waals surface area contributed by atoms with Crippen LogP contribution in [0, 0.1) is 0 Å². The molecule has 30 heavy (non-hydrogen) atoms. The van der Waals surface area contributed by atoms with Crippen LogP contribution in [-0.2, 0) is 11.3 Å². The Labute approximate surface area is 172 Å². The summed E-state index contributed by atoms with van der Waals surface area (Å²) in [6, 6.07) is 12.9. The van der Waals surface area contributed by atoms with Gasteiger partial charge in [0.25, 0.3) is 0 Å². The van der Waals surface area contributed by atoms with E-state index in [0.29, 0.717) is 47.7 Å². The molecular weight excluding hydrogens is 388 g/mol. The molecule has 1 aromatic heterocycles. The summed E-state index contributed by atoms with van der Waals surface area (Å²) in [5, 5.41) is 6.81. The van der Waals surface area contributed by atoms with E-state index in [1.165, 1.54) is 6.08 Å². The van der Waals surface area contributed by atoms with Crippen molar-refractivity contribution >= 4 is 12.0 Å². The van der Waals surface area contributed by atoms with Crippen molar-refractivity contribution in [2.75, 3.05) is 20.0 Å². The van der Waals surface area contributed by atoms with Gasteiger partial charge in [-0.1, -0.05) is 11.2 Å². The molecule has 3 aromatic rings. The van der Waals surface area contributed by atoms with Gasteiger partial charge >= 0.3 is 0 Å². The molecule has 0 saturated heterocycles. The van der Waals surface area contributed by atoms with Crippen molar-refractivity contribution in [3.05, 3.63) is 59.8 Å². The van der Waals surface area contributed by atoms with E-state index in [9.17, 15) is 4.79 Å². The van der Waals surface area contributed by atoms with Crippen LogP contribution in [0.15, 0.2) is 53.1 Å². The number of nitrogens with zero attached hydrogens (tertiary/aromatic N) is 1. The first kappa shape index (κ1) is 18.1. The van der Waals surface area contributed by atoms with Crippen molar-refractivity contribution in [2.24, 2.45) is 0 Å². The number of hydrogen-bond acceptors (Lipinski definition) is 7. The molecule has 0 aliphatic carbocycles. The van der Waals surface area contributed by atoms with Gasteiger partial charge in [0.1, 0.15) is 18.9 Å². The second-order valence-corrected chi connectivity index (χ2v) is 6.70. The third-order valence-corrected chi connectivity index (χ3v) is 4.65. The molecule has 0 fully saturated rings. The predicted octanol–water partition coefficient (Wildman–Crippen LogP) is 3.17. The second-order valence-electron chi connectivity index (χ2n) is 6.70. The summed E-state index contributed by atoms with van der Waals surface area (Å²) in [4.78, 5) is 12.1. The van der Waals surface area contributed by atoms with Crippen molar-refractivity contribution in [1.82, 2.24) is 10.5 Å². The second kappa shape index (κ2) is 7.82.